The molecular weight excluding hydrogens is 808 g/mol. The lowest BCUT2D eigenvalue weighted by atomic mass is 9.89. The highest BCUT2D eigenvalue weighted by Crippen LogP contribution is 2.35. The Morgan fingerprint density at radius 1 is 0.871 bits per heavy atom. The maximum Gasteiger partial charge on any atom is 0.229 e. The number of aliphatic hydroxyl groups excluding tert-OH is 7. The molecule has 1 amide bonds. The number of aromatic hydroxyl groups is 1. The van der Waals surface area contributed by atoms with Crippen molar-refractivity contribution in [3.8, 4) is 5.75 Å². The summed E-state index contributed by atoms with van der Waals surface area (Å²) in [5, 5.41) is 80.7. The Balaban J connectivity index is 0.000000221. The molecule has 12 atom stereocenters. The van der Waals surface area contributed by atoms with E-state index in [-0.39, 0.29) is 23.5 Å². The van der Waals surface area contributed by atoms with Gasteiger partial charge in [0, 0.05) is 5.69 Å². The Labute approximate surface area is 361 Å². The number of benzene rings is 3. The van der Waals surface area contributed by atoms with Gasteiger partial charge in [-0.1, -0.05) is 74.5 Å². The van der Waals surface area contributed by atoms with E-state index < -0.39 is 80.5 Å². The fraction of sp³-hybridized carbons (Fsp3) is 0.500. The Kier molecular flexibility index (Phi) is 19.3. The molecule has 0 spiro atoms. The summed E-state index contributed by atoms with van der Waals surface area (Å²) in [4.78, 5) is 24.9. The van der Waals surface area contributed by atoms with Crippen LogP contribution in [-0.2, 0) is 19.0 Å². The van der Waals surface area contributed by atoms with E-state index >= 15 is 0 Å². The maximum atomic E-state index is 12.4. The number of ether oxygens (including phenoxy) is 3. The van der Waals surface area contributed by atoms with Gasteiger partial charge in [-0.15, -0.1) is 0 Å². The van der Waals surface area contributed by atoms with Crippen LogP contribution in [0.1, 0.15) is 77.5 Å². The van der Waals surface area contributed by atoms with Crippen LogP contribution in [0.25, 0.3) is 5.57 Å². The van der Waals surface area contributed by atoms with E-state index in [1.165, 1.54) is 28.9 Å². The Hall–Kier alpha value is -4.46. The number of halogens is 1. The molecule has 0 aromatic heterocycles. The number of phenols is 1. The molecule has 3 aromatic carbocycles. The summed E-state index contributed by atoms with van der Waals surface area (Å²) in [5.74, 6) is 0.179. The van der Waals surface area contributed by atoms with Crippen LogP contribution >= 0.6 is 0 Å². The van der Waals surface area contributed by atoms with Gasteiger partial charge in [0.1, 0.15) is 54.3 Å². The van der Waals surface area contributed by atoms with Crippen LogP contribution in [0.4, 0.5) is 10.1 Å². The topological polar surface area (TPSA) is 239 Å². The molecule has 62 heavy (non-hydrogen) atoms. The van der Waals surface area contributed by atoms with Crippen LogP contribution in [0.2, 0.25) is 0 Å². The van der Waals surface area contributed by atoms with Gasteiger partial charge in [-0.05, 0) is 97.4 Å². The van der Waals surface area contributed by atoms with E-state index in [1.54, 1.807) is 31.2 Å². The number of β-lactam (4-membered cyclic amide) rings is 1. The van der Waals surface area contributed by atoms with Crippen LogP contribution in [-0.4, -0.2) is 127 Å². The molecule has 8 N–H and O–H groups in total. The summed E-state index contributed by atoms with van der Waals surface area (Å²) >= 11 is 0. The first kappa shape index (κ1) is 50.2. The van der Waals surface area contributed by atoms with Crippen LogP contribution in [0.5, 0.6) is 5.75 Å². The molecule has 0 bridgehead atoms. The number of aliphatic hydroxyl groups is 7. The SMILES string of the molecule is CC/C(=C\C(C)=C(/C)C1CC(=O)N1c1ccccc1)c1cccc(O)c1.CCC(O)c1ccc(F)cc1.CCC1OC(CO)C(OC2OC(CO)C(O)C(N=O)C2O)C(O)C1O. The van der Waals surface area contributed by atoms with Crippen LogP contribution in [0.3, 0.4) is 0 Å². The number of nitrogens with zero attached hydrogens (tertiary/aromatic N) is 2. The minimum Gasteiger partial charge on any atom is -0.508 e. The van der Waals surface area contributed by atoms with Crippen LogP contribution in [0.15, 0.2) is 101 Å². The molecule has 0 aliphatic carbocycles. The lowest BCUT2D eigenvalue weighted by Crippen LogP contribution is -2.64. The highest BCUT2D eigenvalue weighted by atomic mass is 19.1. The van der Waals surface area contributed by atoms with Gasteiger partial charge in [-0.3, -0.25) is 4.79 Å². The molecule has 3 saturated heterocycles. The minimum absolute atomic E-state index is 0.114. The third-order valence-electron chi connectivity index (χ3n) is 11.4. The lowest BCUT2D eigenvalue weighted by Gasteiger charge is -2.45. The van der Waals surface area contributed by atoms with Crippen molar-refractivity contribution >= 4 is 17.2 Å². The van der Waals surface area contributed by atoms with Gasteiger partial charge >= 0.3 is 0 Å². The summed E-state index contributed by atoms with van der Waals surface area (Å²) in [7, 11) is 0. The molecular formula is C46H61FN2O13. The second-order valence-electron chi connectivity index (χ2n) is 15.4. The first-order chi connectivity index (χ1) is 29.6. The predicted molar refractivity (Wildman–Crippen MR) is 229 cm³/mol. The summed E-state index contributed by atoms with van der Waals surface area (Å²) in [6, 6.07) is 21.7. The van der Waals surface area contributed by atoms with Crippen molar-refractivity contribution in [1.29, 1.82) is 0 Å². The fourth-order valence-corrected chi connectivity index (χ4v) is 7.46. The van der Waals surface area contributed by atoms with Crippen molar-refractivity contribution in [3.05, 3.63) is 118 Å². The van der Waals surface area contributed by atoms with Crippen molar-refractivity contribution in [1.82, 2.24) is 0 Å². The van der Waals surface area contributed by atoms with Gasteiger partial charge in [-0.25, -0.2) is 4.39 Å². The molecule has 3 aliphatic rings. The van der Waals surface area contributed by atoms with E-state index in [9.17, 15) is 54.9 Å². The summed E-state index contributed by atoms with van der Waals surface area (Å²) < 4.78 is 28.5. The molecule has 3 aliphatic heterocycles. The van der Waals surface area contributed by atoms with Gasteiger partial charge in [0.05, 0.1) is 37.9 Å². The highest BCUT2D eigenvalue weighted by molar-refractivity contribution is 6.02. The van der Waals surface area contributed by atoms with E-state index in [1.807, 2.05) is 54.3 Å². The van der Waals surface area contributed by atoms with Gasteiger partial charge in [0.25, 0.3) is 0 Å². The molecule has 3 fully saturated rings. The second kappa shape index (κ2) is 23.8. The normalized spacial score (nSPS) is 29.5. The first-order valence-electron chi connectivity index (χ1n) is 20.8. The van der Waals surface area contributed by atoms with Gasteiger partial charge in [-0.2, -0.15) is 4.91 Å². The fourth-order valence-electron chi connectivity index (χ4n) is 7.46. The van der Waals surface area contributed by atoms with Crippen molar-refractivity contribution in [2.24, 2.45) is 5.18 Å². The van der Waals surface area contributed by atoms with Gasteiger partial charge < -0.3 is 60.0 Å². The maximum absolute atomic E-state index is 12.4. The number of carbonyl (C=O) groups is 1. The molecule has 12 unspecified atom stereocenters. The smallest absolute Gasteiger partial charge is 0.229 e. The monoisotopic (exact) mass is 868 g/mol. The molecule has 3 aromatic rings. The zero-order valence-corrected chi connectivity index (χ0v) is 35.6. The average molecular weight is 869 g/mol. The molecule has 3 heterocycles. The van der Waals surface area contributed by atoms with Crippen molar-refractivity contribution in [3.63, 3.8) is 0 Å². The number of nitroso groups, excluding NO2 is 1. The zero-order chi connectivity index (χ0) is 45.7. The molecule has 6 rings (SSSR count). The molecule has 16 heteroatoms. The second-order valence-corrected chi connectivity index (χ2v) is 15.4. The first-order valence-corrected chi connectivity index (χ1v) is 20.8. The zero-order valence-electron chi connectivity index (χ0n) is 35.6. The molecule has 15 nitrogen and oxygen atoms in total. The van der Waals surface area contributed by atoms with E-state index in [4.69, 9.17) is 14.2 Å². The number of hydrogen-bond acceptors (Lipinski definition) is 14. The van der Waals surface area contributed by atoms with Crippen molar-refractivity contribution in [2.45, 2.75) is 134 Å². The Morgan fingerprint density at radius 3 is 2.08 bits per heavy atom. The standard InChI is InChI=1S/C23H25NO2.C14H25NO10.C9H11FO/c1-4-18(19-9-8-12-21(25)14-19)13-16(2)17(3)22-15-23(26)24(22)20-10-6-5-7-11-20;1-2-5-10(19)12(21)13(7(4-17)23-5)25-14-11(20)8(15-22)9(18)6(3-16)24-14;1-2-9(11)7-3-5-8(10)6-4-7/h5-14,22,25H,4,15H2,1-3H3;5-14,16-21H,2-4H2,1H3;3-6,9,11H,2H2,1H3/b17-16+,18-13+;;. The molecule has 0 saturated carbocycles. The largest absolute Gasteiger partial charge is 0.508 e. The van der Waals surface area contributed by atoms with Crippen molar-refractivity contribution in [2.75, 3.05) is 18.1 Å². The quantitative estimate of drug-likeness (QED) is 0.0675. The minimum atomic E-state index is -1.68. The third-order valence-corrected chi connectivity index (χ3v) is 11.4. The molecule has 0 radical (unpaired) electrons. The van der Waals surface area contributed by atoms with Crippen molar-refractivity contribution < 1.29 is 64.2 Å². The van der Waals surface area contributed by atoms with Crippen LogP contribution < -0.4 is 4.90 Å². The van der Waals surface area contributed by atoms with E-state index in [2.05, 4.69) is 32.0 Å². The number of para-hydroxylation sites is 1. The Bertz CT molecular complexity index is 1930. The predicted octanol–water partition coefficient (Wildman–Crippen LogP) is 4.43. The lowest BCUT2D eigenvalue weighted by molar-refractivity contribution is -0.328. The third kappa shape index (κ3) is 12.4. The number of hydrogen-bond donors (Lipinski definition) is 8. The Morgan fingerprint density at radius 2 is 1.53 bits per heavy atom. The van der Waals surface area contributed by atoms with E-state index in [0.717, 1.165) is 23.2 Å². The van der Waals surface area contributed by atoms with Gasteiger partial charge in [0.2, 0.25) is 5.91 Å². The number of anilines is 1. The van der Waals surface area contributed by atoms with Crippen LogP contribution in [0, 0.1) is 10.7 Å². The molecule has 340 valence electrons. The summed E-state index contributed by atoms with van der Waals surface area (Å²) in [6.45, 7) is 8.74. The number of allylic oxidation sites excluding steroid dienone is 3. The number of phenolic OH excluding ortho intramolecular Hbond substituents is 1. The number of rotatable bonds is 13. The van der Waals surface area contributed by atoms with Gasteiger partial charge in [0.15, 0.2) is 12.3 Å². The number of amides is 1. The number of carbonyl (C=O) groups excluding carboxylic acids is 1. The van der Waals surface area contributed by atoms with E-state index in [0.29, 0.717) is 19.3 Å². The summed E-state index contributed by atoms with van der Waals surface area (Å²) in [5.41, 5.74) is 6.31. The average Bonchev–Trinajstić information content (AvgIpc) is 3.27. The summed E-state index contributed by atoms with van der Waals surface area (Å²) in [6.07, 6.45) is -7.53. The highest BCUT2D eigenvalue weighted by Gasteiger charge is 2.51.